The number of carbonyl (C=O) groups excluding carboxylic acids is 1. The zero-order valence-corrected chi connectivity index (χ0v) is 20.8. The second kappa shape index (κ2) is 9.57. The molecule has 0 bridgehead atoms. The minimum Gasteiger partial charge on any atom is -0.483 e. The van der Waals surface area contributed by atoms with Crippen molar-refractivity contribution in [3.05, 3.63) is 82.3 Å². The van der Waals surface area contributed by atoms with Crippen molar-refractivity contribution < 1.29 is 17.9 Å². The van der Waals surface area contributed by atoms with Gasteiger partial charge in [-0.2, -0.15) is 0 Å². The first kappa shape index (κ1) is 23.3. The van der Waals surface area contributed by atoms with Gasteiger partial charge in [-0.05, 0) is 72.0 Å². The summed E-state index contributed by atoms with van der Waals surface area (Å²) in [5, 5.41) is 2.75. The number of hydrogen-bond acceptors (Lipinski definition) is 4. The molecular weight excluding hydrogens is 504 g/mol. The zero-order chi connectivity index (χ0) is 23.6. The normalized spacial score (nSPS) is 13.2. The standard InChI is InChI=1S/C25H25BrN2O4S/c1-17(2)22-15-19(26)7-12-24(22)32-16-25(29)27-20-8-10-21(11-9-20)33(30,31)28-14-13-18-5-3-4-6-23(18)28/h3-12,15,17H,13-14,16H2,1-2H3,(H,27,29). The number of amides is 1. The SMILES string of the molecule is CC(C)c1cc(Br)ccc1OCC(=O)Nc1ccc(S(=O)(=O)N2CCc3ccccc32)cc1. The fourth-order valence-electron chi connectivity index (χ4n) is 3.84. The van der Waals surface area contributed by atoms with Gasteiger partial charge in [-0.25, -0.2) is 8.42 Å². The lowest BCUT2D eigenvalue weighted by molar-refractivity contribution is -0.118. The molecule has 1 amide bonds. The summed E-state index contributed by atoms with van der Waals surface area (Å²) < 4.78 is 34.4. The molecule has 1 N–H and O–H groups in total. The zero-order valence-electron chi connectivity index (χ0n) is 18.4. The van der Waals surface area contributed by atoms with E-state index >= 15 is 0 Å². The number of nitrogens with zero attached hydrogens (tertiary/aromatic N) is 1. The third-order valence-electron chi connectivity index (χ3n) is 5.52. The molecule has 0 aromatic heterocycles. The average Bonchev–Trinajstić information content (AvgIpc) is 3.23. The van der Waals surface area contributed by atoms with E-state index in [1.54, 1.807) is 12.1 Å². The second-order valence-electron chi connectivity index (χ2n) is 8.15. The Morgan fingerprint density at radius 3 is 2.55 bits per heavy atom. The van der Waals surface area contributed by atoms with Crippen LogP contribution in [-0.4, -0.2) is 27.5 Å². The third kappa shape index (κ3) is 5.07. The Balaban J connectivity index is 1.41. The van der Waals surface area contributed by atoms with E-state index in [-0.39, 0.29) is 23.3 Å². The van der Waals surface area contributed by atoms with Crippen LogP contribution >= 0.6 is 15.9 Å². The molecule has 1 heterocycles. The highest BCUT2D eigenvalue weighted by Gasteiger charge is 2.30. The van der Waals surface area contributed by atoms with Crippen molar-refractivity contribution in [2.75, 3.05) is 22.8 Å². The lowest BCUT2D eigenvalue weighted by Gasteiger charge is -2.19. The molecule has 0 atom stereocenters. The number of anilines is 2. The van der Waals surface area contributed by atoms with Crippen molar-refractivity contribution in [3.8, 4) is 5.75 Å². The summed E-state index contributed by atoms with van der Waals surface area (Å²) in [6.07, 6.45) is 0.695. The number of nitrogens with one attached hydrogen (secondary N) is 1. The van der Waals surface area contributed by atoms with Gasteiger partial charge < -0.3 is 10.1 Å². The molecule has 0 spiro atoms. The second-order valence-corrected chi connectivity index (χ2v) is 10.9. The van der Waals surface area contributed by atoms with Crippen LogP contribution < -0.4 is 14.4 Å². The molecule has 0 radical (unpaired) electrons. The predicted molar refractivity (Wildman–Crippen MR) is 133 cm³/mol. The number of rotatable bonds is 7. The van der Waals surface area contributed by atoms with Gasteiger partial charge in [-0.1, -0.05) is 48.0 Å². The van der Waals surface area contributed by atoms with E-state index in [2.05, 4.69) is 35.1 Å². The summed E-state index contributed by atoms with van der Waals surface area (Å²) in [7, 11) is -3.67. The highest BCUT2D eigenvalue weighted by molar-refractivity contribution is 9.10. The third-order valence-corrected chi connectivity index (χ3v) is 7.84. The van der Waals surface area contributed by atoms with Crippen molar-refractivity contribution in [1.29, 1.82) is 0 Å². The van der Waals surface area contributed by atoms with Crippen LogP contribution in [0.5, 0.6) is 5.75 Å². The molecule has 0 aliphatic carbocycles. The molecular formula is C25H25BrN2O4S. The Bertz CT molecular complexity index is 1270. The maximum atomic E-state index is 13.1. The molecule has 1 aliphatic heterocycles. The number of ether oxygens (including phenoxy) is 1. The molecule has 4 rings (SSSR count). The maximum absolute atomic E-state index is 13.1. The highest BCUT2D eigenvalue weighted by atomic mass is 79.9. The van der Waals surface area contributed by atoms with Crippen molar-refractivity contribution in [3.63, 3.8) is 0 Å². The van der Waals surface area contributed by atoms with Crippen LogP contribution in [0.15, 0.2) is 76.1 Å². The smallest absolute Gasteiger partial charge is 0.264 e. The first-order valence-electron chi connectivity index (χ1n) is 10.7. The highest BCUT2D eigenvalue weighted by Crippen LogP contribution is 2.33. The van der Waals surface area contributed by atoms with Crippen LogP contribution in [0.2, 0.25) is 0 Å². The largest absolute Gasteiger partial charge is 0.483 e. The van der Waals surface area contributed by atoms with Gasteiger partial charge in [-0.15, -0.1) is 0 Å². The average molecular weight is 529 g/mol. The van der Waals surface area contributed by atoms with Gasteiger partial charge in [-0.3, -0.25) is 9.10 Å². The number of sulfonamides is 1. The topological polar surface area (TPSA) is 75.7 Å². The summed E-state index contributed by atoms with van der Waals surface area (Å²) in [5.74, 6) is 0.588. The number of carbonyl (C=O) groups is 1. The fourth-order valence-corrected chi connectivity index (χ4v) is 5.72. The summed E-state index contributed by atoms with van der Waals surface area (Å²) in [5.41, 5.74) is 3.26. The van der Waals surface area contributed by atoms with Crippen LogP contribution in [0.4, 0.5) is 11.4 Å². The van der Waals surface area contributed by atoms with Gasteiger partial charge in [0.2, 0.25) is 0 Å². The molecule has 0 saturated heterocycles. The Kier molecular flexibility index (Phi) is 6.76. The summed E-state index contributed by atoms with van der Waals surface area (Å²) in [6, 6.07) is 19.4. The number of hydrogen-bond donors (Lipinski definition) is 1. The first-order valence-corrected chi connectivity index (χ1v) is 12.9. The van der Waals surface area contributed by atoms with Crippen LogP contribution in [0.25, 0.3) is 0 Å². The van der Waals surface area contributed by atoms with Gasteiger partial charge in [0.25, 0.3) is 15.9 Å². The van der Waals surface area contributed by atoms with E-state index in [1.807, 2.05) is 42.5 Å². The summed E-state index contributed by atoms with van der Waals surface area (Å²) >= 11 is 3.46. The number of halogens is 1. The number of para-hydroxylation sites is 1. The van der Waals surface area contributed by atoms with Gasteiger partial charge in [0.15, 0.2) is 6.61 Å². The van der Waals surface area contributed by atoms with E-state index in [0.717, 1.165) is 21.3 Å². The Morgan fingerprint density at radius 1 is 1.09 bits per heavy atom. The summed E-state index contributed by atoms with van der Waals surface area (Å²) in [6.45, 7) is 4.40. The van der Waals surface area contributed by atoms with Gasteiger partial charge >= 0.3 is 0 Å². The van der Waals surface area contributed by atoms with Crippen LogP contribution in [0.1, 0.15) is 30.9 Å². The minimum absolute atomic E-state index is 0.147. The van der Waals surface area contributed by atoms with E-state index in [4.69, 9.17) is 4.74 Å². The number of fused-ring (bicyclic) bond motifs is 1. The van der Waals surface area contributed by atoms with Crippen molar-refractivity contribution in [2.24, 2.45) is 0 Å². The minimum atomic E-state index is -3.67. The van der Waals surface area contributed by atoms with Crippen LogP contribution in [0.3, 0.4) is 0 Å². The van der Waals surface area contributed by atoms with Crippen molar-refractivity contribution in [1.82, 2.24) is 0 Å². The molecule has 33 heavy (non-hydrogen) atoms. The predicted octanol–water partition coefficient (Wildman–Crippen LogP) is 5.34. The molecule has 172 valence electrons. The maximum Gasteiger partial charge on any atom is 0.264 e. The fraction of sp³-hybridized carbons (Fsp3) is 0.240. The lowest BCUT2D eigenvalue weighted by Crippen LogP contribution is -2.29. The van der Waals surface area contributed by atoms with E-state index in [1.165, 1.54) is 16.4 Å². The Labute approximate surface area is 202 Å². The molecule has 3 aromatic rings. The summed E-state index contributed by atoms with van der Waals surface area (Å²) in [4.78, 5) is 12.6. The van der Waals surface area contributed by atoms with E-state index in [0.29, 0.717) is 24.4 Å². The lowest BCUT2D eigenvalue weighted by atomic mass is 10.0. The van der Waals surface area contributed by atoms with Crippen molar-refractivity contribution >= 4 is 43.2 Å². The first-order chi connectivity index (χ1) is 15.8. The van der Waals surface area contributed by atoms with E-state index < -0.39 is 10.0 Å². The van der Waals surface area contributed by atoms with Crippen LogP contribution in [0, 0.1) is 0 Å². The Morgan fingerprint density at radius 2 is 1.82 bits per heavy atom. The monoisotopic (exact) mass is 528 g/mol. The molecule has 0 unspecified atom stereocenters. The number of benzene rings is 3. The van der Waals surface area contributed by atoms with Crippen molar-refractivity contribution in [2.45, 2.75) is 31.1 Å². The van der Waals surface area contributed by atoms with Crippen LogP contribution in [-0.2, 0) is 21.2 Å². The van der Waals surface area contributed by atoms with Gasteiger partial charge in [0, 0.05) is 16.7 Å². The molecule has 1 aliphatic rings. The Hall–Kier alpha value is -2.84. The van der Waals surface area contributed by atoms with E-state index in [9.17, 15) is 13.2 Å². The van der Waals surface area contributed by atoms with Gasteiger partial charge in [0.1, 0.15) is 5.75 Å². The molecule has 3 aromatic carbocycles. The molecule has 8 heteroatoms. The van der Waals surface area contributed by atoms with Gasteiger partial charge in [0.05, 0.1) is 10.6 Å². The molecule has 0 saturated carbocycles. The molecule has 6 nitrogen and oxygen atoms in total. The quantitative estimate of drug-likeness (QED) is 0.448. The molecule has 0 fully saturated rings.